The molecule has 1 heterocycles. The van der Waals surface area contributed by atoms with E-state index in [9.17, 15) is 0 Å². The van der Waals surface area contributed by atoms with Crippen LogP contribution in [0.1, 0.15) is 37.7 Å². The van der Waals surface area contributed by atoms with E-state index in [0.717, 1.165) is 0 Å². The molecule has 0 aromatic heterocycles. The minimum atomic E-state index is 0.367. The minimum Gasteiger partial charge on any atom is -0.380 e. The van der Waals surface area contributed by atoms with Crippen molar-refractivity contribution in [2.45, 2.75) is 37.5 Å². The summed E-state index contributed by atoms with van der Waals surface area (Å²) >= 11 is 0. The van der Waals surface area contributed by atoms with Crippen molar-refractivity contribution in [1.82, 2.24) is 4.90 Å². The van der Waals surface area contributed by atoms with Crippen LogP contribution in [0.25, 0.3) is 0 Å². The van der Waals surface area contributed by atoms with E-state index in [0.29, 0.717) is 5.41 Å². The molecule has 0 amide bonds. The lowest BCUT2D eigenvalue weighted by Gasteiger charge is -2.45. The zero-order chi connectivity index (χ0) is 11.7. The summed E-state index contributed by atoms with van der Waals surface area (Å²) in [4.78, 5) is 2.36. The molecule has 1 aliphatic carbocycles. The van der Waals surface area contributed by atoms with Crippen LogP contribution in [-0.4, -0.2) is 18.5 Å². The first kappa shape index (κ1) is 10.9. The Morgan fingerprint density at radius 2 is 1.88 bits per heavy atom. The predicted molar refractivity (Wildman–Crippen MR) is 71.9 cm³/mol. The Hall–Kier alpha value is -1.24. The number of allylic oxidation sites excluding steroid dienone is 1. The Balaban J connectivity index is 2.06. The van der Waals surface area contributed by atoms with E-state index in [1.54, 1.807) is 11.1 Å². The molecule has 2 aliphatic rings. The van der Waals surface area contributed by atoms with Crippen molar-refractivity contribution >= 4 is 0 Å². The van der Waals surface area contributed by atoms with Crippen LogP contribution in [0.5, 0.6) is 0 Å². The molecule has 0 spiro atoms. The van der Waals surface area contributed by atoms with E-state index in [2.05, 4.69) is 48.5 Å². The third-order valence-electron chi connectivity index (χ3n) is 4.51. The average Bonchev–Trinajstić information content (AvgIpc) is 2.40. The van der Waals surface area contributed by atoms with Crippen LogP contribution in [0.3, 0.4) is 0 Å². The molecule has 1 nitrogen and oxygen atoms in total. The van der Waals surface area contributed by atoms with E-state index in [-0.39, 0.29) is 0 Å². The molecule has 1 saturated carbocycles. The van der Waals surface area contributed by atoms with Crippen LogP contribution in [0.2, 0.25) is 0 Å². The Morgan fingerprint density at radius 1 is 1.06 bits per heavy atom. The zero-order valence-electron chi connectivity index (χ0n) is 10.7. The van der Waals surface area contributed by atoms with Gasteiger partial charge >= 0.3 is 0 Å². The minimum absolute atomic E-state index is 0.367. The normalized spacial score (nSPS) is 28.5. The average molecular weight is 227 g/mol. The molecule has 0 N–H and O–H groups in total. The van der Waals surface area contributed by atoms with Gasteiger partial charge in [0.1, 0.15) is 0 Å². The van der Waals surface area contributed by atoms with Crippen molar-refractivity contribution < 1.29 is 0 Å². The van der Waals surface area contributed by atoms with Crippen molar-refractivity contribution in [2.24, 2.45) is 0 Å². The summed E-state index contributed by atoms with van der Waals surface area (Å²) in [6, 6.07) is 11.2. The zero-order valence-corrected chi connectivity index (χ0v) is 10.7. The second-order valence-electron chi connectivity index (χ2n) is 5.54. The molecule has 90 valence electrons. The van der Waals surface area contributed by atoms with Gasteiger partial charge in [0.15, 0.2) is 0 Å². The molecule has 1 aromatic carbocycles. The maximum Gasteiger partial charge on any atom is 0.0196 e. The van der Waals surface area contributed by atoms with Crippen LogP contribution < -0.4 is 0 Å². The van der Waals surface area contributed by atoms with Gasteiger partial charge in [-0.05, 0) is 43.0 Å². The van der Waals surface area contributed by atoms with E-state index in [1.807, 2.05) is 0 Å². The first-order valence-electron chi connectivity index (χ1n) is 6.78. The Labute approximate surface area is 104 Å². The Morgan fingerprint density at radius 3 is 2.71 bits per heavy atom. The molecule has 1 heteroatoms. The highest BCUT2D eigenvalue weighted by Crippen LogP contribution is 2.47. The summed E-state index contributed by atoms with van der Waals surface area (Å²) in [6.07, 6.45) is 9.09. The SMILES string of the molecule is CN1C=C2CCCCC2(c2ccccc2)CC1. The van der Waals surface area contributed by atoms with Crippen LogP contribution in [-0.2, 0) is 5.41 Å². The largest absolute Gasteiger partial charge is 0.380 e. The fraction of sp³-hybridized carbons (Fsp3) is 0.500. The van der Waals surface area contributed by atoms with E-state index < -0.39 is 0 Å². The second kappa shape index (κ2) is 4.21. The van der Waals surface area contributed by atoms with Gasteiger partial charge in [-0.25, -0.2) is 0 Å². The van der Waals surface area contributed by atoms with Crippen molar-refractivity contribution in [3.8, 4) is 0 Å². The summed E-state index contributed by atoms with van der Waals surface area (Å²) in [7, 11) is 2.20. The highest BCUT2D eigenvalue weighted by molar-refractivity contribution is 5.38. The molecule has 0 saturated heterocycles. The monoisotopic (exact) mass is 227 g/mol. The molecule has 1 unspecified atom stereocenters. The van der Waals surface area contributed by atoms with Gasteiger partial charge in [-0.2, -0.15) is 0 Å². The van der Waals surface area contributed by atoms with Crippen molar-refractivity contribution in [3.63, 3.8) is 0 Å². The lowest BCUT2D eigenvalue weighted by molar-refractivity contribution is 0.275. The predicted octanol–water partition coefficient (Wildman–Crippen LogP) is 3.72. The van der Waals surface area contributed by atoms with Gasteiger partial charge < -0.3 is 4.90 Å². The van der Waals surface area contributed by atoms with Crippen LogP contribution in [0.4, 0.5) is 0 Å². The third-order valence-corrected chi connectivity index (χ3v) is 4.51. The molecule has 1 aliphatic heterocycles. The standard InChI is InChI=1S/C16H21N/c1-17-12-11-16(14-7-3-2-4-8-14)10-6-5-9-15(16)13-17/h2-4,7-8,13H,5-6,9-12H2,1H3. The maximum atomic E-state index is 2.41. The maximum absolute atomic E-state index is 2.41. The number of hydrogen-bond acceptors (Lipinski definition) is 1. The first-order chi connectivity index (χ1) is 8.31. The summed E-state index contributed by atoms with van der Waals surface area (Å²) in [6.45, 7) is 1.19. The van der Waals surface area contributed by atoms with Gasteiger partial charge in [-0.3, -0.25) is 0 Å². The smallest absolute Gasteiger partial charge is 0.0196 e. The lowest BCUT2D eigenvalue weighted by atomic mass is 9.63. The molecule has 0 radical (unpaired) electrons. The van der Waals surface area contributed by atoms with Crippen molar-refractivity contribution in [3.05, 3.63) is 47.7 Å². The van der Waals surface area contributed by atoms with Crippen LogP contribution in [0, 0.1) is 0 Å². The van der Waals surface area contributed by atoms with Crippen LogP contribution >= 0.6 is 0 Å². The molecule has 3 rings (SSSR count). The fourth-order valence-corrected chi connectivity index (χ4v) is 3.54. The molecule has 1 aromatic rings. The first-order valence-corrected chi connectivity index (χ1v) is 6.78. The highest BCUT2D eigenvalue weighted by atomic mass is 15.1. The molecular formula is C16H21N. The summed E-state index contributed by atoms with van der Waals surface area (Å²) < 4.78 is 0. The molecule has 1 atom stereocenters. The number of benzene rings is 1. The van der Waals surface area contributed by atoms with E-state index in [1.165, 1.54) is 38.6 Å². The summed E-state index contributed by atoms with van der Waals surface area (Å²) in [5, 5.41) is 0. The van der Waals surface area contributed by atoms with Gasteiger partial charge in [0.25, 0.3) is 0 Å². The van der Waals surface area contributed by atoms with Gasteiger partial charge in [0.05, 0.1) is 0 Å². The van der Waals surface area contributed by atoms with E-state index >= 15 is 0 Å². The Bertz CT molecular complexity index is 420. The Kier molecular flexibility index (Phi) is 2.70. The molecule has 17 heavy (non-hydrogen) atoms. The highest BCUT2D eigenvalue weighted by Gasteiger charge is 2.39. The van der Waals surface area contributed by atoms with Gasteiger partial charge in [-0.1, -0.05) is 36.8 Å². The fourth-order valence-electron chi connectivity index (χ4n) is 3.54. The topological polar surface area (TPSA) is 3.24 Å². The quantitative estimate of drug-likeness (QED) is 0.707. The number of fused-ring (bicyclic) bond motifs is 1. The molecule has 0 bridgehead atoms. The van der Waals surface area contributed by atoms with Gasteiger partial charge in [-0.15, -0.1) is 0 Å². The summed E-state index contributed by atoms with van der Waals surface area (Å²) in [5.41, 5.74) is 3.58. The van der Waals surface area contributed by atoms with Crippen LogP contribution in [0.15, 0.2) is 42.1 Å². The van der Waals surface area contributed by atoms with Gasteiger partial charge in [0.2, 0.25) is 0 Å². The summed E-state index contributed by atoms with van der Waals surface area (Å²) in [5.74, 6) is 0. The number of hydrogen-bond donors (Lipinski definition) is 0. The lowest BCUT2D eigenvalue weighted by Crippen LogP contribution is -2.39. The second-order valence-corrected chi connectivity index (χ2v) is 5.54. The molecular weight excluding hydrogens is 206 g/mol. The van der Waals surface area contributed by atoms with Gasteiger partial charge in [0, 0.05) is 19.0 Å². The van der Waals surface area contributed by atoms with Crippen molar-refractivity contribution in [1.29, 1.82) is 0 Å². The van der Waals surface area contributed by atoms with Crippen molar-refractivity contribution in [2.75, 3.05) is 13.6 Å². The molecule has 1 fully saturated rings. The number of nitrogens with zero attached hydrogens (tertiary/aromatic N) is 1. The van der Waals surface area contributed by atoms with E-state index in [4.69, 9.17) is 0 Å². The number of rotatable bonds is 1. The third kappa shape index (κ3) is 1.78.